The first-order chi connectivity index (χ1) is 11.1. The Hall–Kier alpha value is -2.08. The highest BCUT2D eigenvalue weighted by Crippen LogP contribution is 2.21. The van der Waals surface area contributed by atoms with Gasteiger partial charge in [0, 0.05) is 37.4 Å². The van der Waals surface area contributed by atoms with Crippen LogP contribution in [0.15, 0.2) is 24.3 Å². The maximum absolute atomic E-state index is 12.1. The number of hydrogen-bond acceptors (Lipinski definition) is 3. The zero-order valence-electron chi connectivity index (χ0n) is 13.4. The van der Waals surface area contributed by atoms with Gasteiger partial charge in [0.2, 0.25) is 0 Å². The highest BCUT2D eigenvalue weighted by atomic mass is 16.5. The average molecular weight is 318 g/mol. The first kappa shape index (κ1) is 15.8. The number of esters is 1. The Morgan fingerprint density at radius 1 is 1.17 bits per heavy atom. The second-order valence-corrected chi connectivity index (χ2v) is 6.35. The lowest BCUT2D eigenvalue weighted by Crippen LogP contribution is -2.94. The molecule has 6 nitrogen and oxygen atoms in total. The molecule has 2 aliphatic rings. The zero-order chi connectivity index (χ0) is 16.2. The molecule has 0 spiro atoms. The first-order valence-electron chi connectivity index (χ1n) is 8.33. The topological polar surface area (TPSA) is 84.0 Å². The molecule has 2 amide bonds. The van der Waals surface area contributed by atoms with Crippen molar-refractivity contribution in [3.63, 3.8) is 0 Å². The molecule has 0 saturated carbocycles. The van der Waals surface area contributed by atoms with Crippen LogP contribution in [-0.4, -0.2) is 36.7 Å². The quantitative estimate of drug-likeness (QED) is 0.730. The Balaban J connectivity index is 1.50. The normalized spacial score (nSPS) is 25.7. The molecule has 2 saturated heterocycles. The van der Waals surface area contributed by atoms with E-state index in [1.807, 2.05) is 0 Å². The summed E-state index contributed by atoms with van der Waals surface area (Å²) < 4.78 is 4.93. The van der Waals surface area contributed by atoms with Crippen LogP contribution in [0.2, 0.25) is 0 Å². The number of quaternary nitrogens is 1. The number of anilines is 1. The number of amides is 2. The number of piperidine rings is 1. The minimum atomic E-state index is -0.350. The second kappa shape index (κ2) is 7.00. The summed E-state index contributed by atoms with van der Waals surface area (Å²) in [5.41, 5.74) is 1.15. The highest BCUT2D eigenvalue weighted by molar-refractivity contribution is 5.92. The van der Waals surface area contributed by atoms with Crippen LogP contribution >= 0.6 is 0 Å². The SMILES string of the molecule is CCOC(=O)c1ccc(NC(=O)NC2C[C@H]3CC[C@@H](C2)[NH2+]3)cc1. The van der Waals surface area contributed by atoms with Crippen molar-refractivity contribution in [2.24, 2.45) is 0 Å². The lowest BCUT2D eigenvalue weighted by molar-refractivity contribution is -0.710. The number of nitrogens with one attached hydrogen (secondary N) is 2. The molecule has 6 heteroatoms. The molecule has 3 rings (SSSR count). The highest BCUT2D eigenvalue weighted by Gasteiger charge is 2.37. The van der Waals surface area contributed by atoms with Gasteiger partial charge < -0.3 is 20.7 Å². The fraction of sp³-hybridized carbons (Fsp3) is 0.529. The molecule has 2 aliphatic heterocycles. The molecule has 124 valence electrons. The predicted octanol–water partition coefficient (Wildman–Crippen LogP) is 1.24. The Kier molecular flexibility index (Phi) is 4.81. The number of fused-ring (bicyclic) bond motifs is 2. The third kappa shape index (κ3) is 4.01. The third-order valence-corrected chi connectivity index (χ3v) is 4.62. The van der Waals surface area contributed by atoms with Crippen LogP contribution in [0.25, 0.3) is 0 Å². The van der Waals surface area contributed by atoms with E-state index in [1.54, 1.807) is 31.2 Å². The number of nitrogens with two attached hydrogens (primary N) is 1. The van der Waals surface area contributed by atoms with E-state index >= 15 is 0 Å². The van der Waals surface area contributed by atoms with E-state index in [2.05, 4.69) is 16.0 Å². The van der Waals surface area contributed by atoms with Gasteiger partial charge in [0.15, 0.2) is 0 Å². The van der Waals surface area contributed by atoms with E-state index in [9.17, 15) is 9.59 Å². The molecule has 1 aromatic carbocycles. The predicted molar refractivity (Wildman–Crippen MR) is 86.3 cm³/mol. The summed E-state index contributed by atoms with van der Waals surface area (Å²) in [6, 6.07) is 8.16. The molecule has 3 atom stereocenters. The number of carbonyl (C=O) groups is 2. The molecule has 0 aliphatic carbocycles. The summed E-state index contributed by atoms with van der Waals surface area (Å²) in [4.78, 5) is 23.7. The van der Waals surface area contributed by atoms with Crippen LogP contribution in [0.5, 0.6) is 0 Å². The van der Waals surface area contributed by atoms with Gasteiger partial charge in [0.05, 0.1) is 24.3 Å². The number of ether oxygens (including phenoxy) is 1. The summed E-state index contributed by atoms with van der Waals surface area (Å²) in [5.74, 6) is -0.350. The number of benzene rings is 1. The fourth-order valence-corrected chi connectivity index (χ4v) is 3.60. The summed E-state index contributed by atoms with van der Waals surface area (Å²) in [5, 5.41) is 8.34. The van der Waals surface area contributed by atoms with Crippen LogP contribution < -0.4 is 16.0 Å². The van der Waals surface area contributed by atoms with Crippen molar-refractivity contribution in [3.05, 3.63) is 29.8 Å². The van der Waals surface area contributed by atoms with Crippen molar-refractivity contribution in [1.29, 1.82) is 0 Å². The lowest BCUT2D eigenvalue weighted by Gasteiger charge is -2.27. The van der Waals surface area contributed by atoms with Crippen LogP contribution in [0.3, 0.4) is 0 Å². The van der Waals surface area contributed by atoms with Gasteiger partial charge in [0.1, 0.15) is 0 Å². The minimum absolute atomic E-state index is 0.180. The minimum Gasteiger partial charge on any atom is -0.462 e. The van der Waals surface area contributed by atoms with E-state index in [1.165, 1.54) is 12.8 Å². The van der Waals surface area contributed by atoms with Gasteiger partial charge in [-0.3, -0.25) is 0 Å². The summed E-state index contributed by atoms with van der Waals surface area (Å²) in [6.45, 7) is 2.12. The molecular weight excluding hydrogens is 294 g/mol. The van der Waals surface area contributed by atoms with Gasteiger partial charge in [-0.25, -0.2) is 9.59 Å². The fourth-order valence-electron chi connectivity index (χ4n) is 3.60. The smallest absolute Gasteiger partial charge is 0.338 e. The van der Waals surface area contributed by atoms with Crippen LogP contribution in [0.1, 0.15) is 43.0 Å². The van der Waals surface area contributed by atoms with Gasteiger partial charge in [-0.1, -0.05) is 0 Å². The molecule has 1 unspecified atom stereocenters. The molecule has 0 radical (unpaired) electrons. The monoisotopic (exact) mass is 318 g/mol. The van der Waals surface area contributed by atoms with Gasteiger partial charge in [-0.15, -0.1) is 0 Å². The summed E-state index contributed by atoms with van der Waals surface area (Å²) in [7, 11) is 0. The average Bonchev–Trinajstić information content (AvgIpc) is 2.87. The van der Waals surface area contributed by atoms with E-state index in [4.69, 9.17) is 4.74 Å². The van der Waals surface area contributed by atoms with E-state index in [-0.39, 0.29) is 18.0 Å². The van der Waals surface area contributed by atoms with Crippen molar-refractivity contribution in [2.45, 2.75) is 50.7 Å². The van der Waals surface area contributed by atoms with Crippen LogP contribution in [0.4, 0.5) is 10.5 Å². The molecule has 2 bridgehead atoms. The molecule has 2 fully saturated rings. The van der Waals surface area contributed by atoms with Gasteiger partial charge in [-0.05, 0) is 31.2 Å². The van der Waals surface area contributed by atoms with Crippen molar-refractivity contribution in [1.82, 2.24) is 5.32 Å². The van der Waals surface area contributed by atoms with E-state index in [0.717, 1.165) is 12.8 Å². The molecule has 4 N–H and O–H groups in total. The van der Waals surface area contributed by atoms with Crippen LogP contribution in [0, 0.1) is 0 Å². The summed E-state index contributed by atoms with van der Waals surface area (Å²) in [6.07, 6.45) is 4.62. The van der Waals surface area contributed by atoms with Crippen LogP contribution in [-0.2, 0) is 4.74 Å². The molecule has 2 heterocycles. The maximum atomic E-state index is 12.1. The number of hydrogen-bond donors (Lipinski definition) is 3. The zero-order valence-corrected chi connectivity index (χ0v) is 13.4. The number of carbonyl (C=O) groups excluding carboxylic acids is 2. The van der Waals surface area contributed by atoms with Crippen molar-refractivity contribution in [3.8, 4) is 0 Å². The number of rotatable bonds is 4. The van der Waals surface area contributed by atoms with Gasteiger partial charge in [-0.2, -0.15) is 0 Å². The van der Waals surface area contributed by atoms with Crippen molar-refractivity contribution in [2.75, 3.05) is 11.9 Å². The maximum Gasteiger partial charge on any atom is 0.338 e. The molecule has 1 aromatic rings. The van der Waals surface area contributed by atoms with E-state index in [0.29, 0.717) is 29.9 Å². The lowest BCUT2D eigenvalue weighted by atomic mass is 10.0. The van der Waals surface area contributed by atoms with Crippen molar-refractivity contribution >= 4 is 17.7 Å². The third-order valence-electron chi connectivity index (χ3n) is 4.62. The summed E-state index contributed by atoms with van der Waals surface area (Å²) >= 11 is 0. The van der Waals surface area contributed by atoms with E-state index < -0.39 is 0 Å². The molecular formula is C17H24N3O3+. The van der Waals surface area contributed by atoms with Gasteiger partial charge >= 0.3 is 12.0 Å². The Morgan fingerprint density at radius 3 is 2.43 bits per heavy atom. The Morgan fingerprint density at radius 2 is 1.83 bits per heavy atom. The number of urea groups is 1. The standard InChI is InChI=1S/C17H23N3O3/c1-2-23-16(21)11-3-5-12(6-4-11)19-17(22)20-15-9-13-7-8-14(10-15)18-13/h3-6,13-15,18H,2,7-10H2,1H3,(H2,19,20,22)/p+1/t13-,14+,15?. The van der Waals surface area contributed by atoms with Crippen molar-refractivity contribution < 1.29 is 19.6 Å². The Bertz CT molecular complexity index is 561. The second-order valence-electron chi connectivity index (χ2n) is 6.35. The Labute approximate surface area is 136 Å². The van der Waals surface area contributed by atoms with Gasteiger partial charge in [0.25, 0.3) is 0 Å². The molecule has 23 heavy (non-hydrogen) atoms. The largest absolute Gasteiger partial charge is 0.462 e. The molecule has 0 aromatic heterocycles. The first-order valence-corrected chi connectivity index (χ1v) is 8.33.